The van der Waals surface area contributed by atoms with Gasteiger partial charge in [0, 0.05) is 23.2 Å². The molecule has 0 saturated heterocycles. The first-order chi connectivity index (χ1) is 9.08. The number of amides is 1. The summed E-state index contributed by atoms with van der Waals surface area (Å²) in [6, 6.07) is 7.87. The lowest BCUT2D eigenvalue weighted by Crippen LogP contribution is -2.26. The Morgan fingerprint density at radius 2 is 2.16 bits per heavy atom. The first kappa shape index (κ1) is 16.0. The van der Waals surface area contributed by atoms with Crippen LogP contribution in [-0.2, 0) is 16.0 Å². The molecule has 0 spiro atoms. The zero-order valence-corrected chi connectivity index (χ0v) is 12.8. The summed E-state index contributed by atoms with van der Waals surface area (Å²) in [5, 5.41) is 11.2. The second-order valence-corrected chi connectivity index (χ2v) is 5.95. The Labute approximate surface area is 125 Å². The quantitative estimate of drug-likeness (QED) is 0.709. The molecular formula is C13H16BrNO3S. The maximum Gasteiger partial charge on any atom is 0.313 e. The van der Waals surface area contributed by atoms with Crippen molar-refractivity contribution in [2.45, 2.75) is 12.8 Å². The molecule has 1 rings (SSSR count). The van der Waals surface area contributed by atoms with Gasteiger partial charge in [0.25, 0.3) is 0 Å². The van der Waals surface area contributed by atoms with Gasteiger partial charge in [-0.2, -0.15) is 0 Å². The van der Waals surface area contributed by atoms with Crippen molar-refractivity contribution in [1.82, 2.24) is 5.32 Å². The molecule has 0 fully saturated rings. The number of carboxylic acids is 1. The second kappa shape index (κ2) is 8.98. The number of aliphatic carboxylic acids is 1. The van der Waals surface area contributed by atoms with Gasteiger partial charge >= 0.3 is 5.97 Å². The predicted octanol–water partition coefficient (Wildman–Crippen LogP) is 2.32. The highest BCUT2D eigenvalue weighted by Crippen LogP contribution is 2.12. The van der Waals surface area contributed by atoms with E-state index in [0.717, 1.165) is 10.0 Å². The molecule has 1 aromatic carbocycles. The first-order valence-electron chi connectivity index (χ1n) is 5.88. The third-order valence-corrected chi connectivity index (χ3v) is 3.76. The number of aryl methyl sites for hydroxylation is 1. The van der Waals surface area contributed by atoms with E-state index in [-0.39, 0.29) is 11.7 Å². The molecule has 0 unspecified atom stereocenters. The lowest BCUT2D eigenvalue weighted by molar-refractivity contribution is -0.133. The molecule has 0 saturated carbocycles. The van der Waals surface area contributed by atoms with Crippen LogP contribution in [0.4, 0.5) is 0 Å². The number of hydrogen-bond acceptors (Lipinski definition) is 3. The summed E-state index contributed by atoms with van der Waals surface area (Å²) in [6.07, 6.45) is 1.15. The molecule has 0 radical (unpaired) electrons. The van der Waals surface area contributed by atoms with Gasteiger partial charge in [-0.05, 0) is 24.1 Å². The third-order valence-electron chi connectivity index (χ3n) is 2.32. The van der Waals surface area contributed by atoms with Gasteiger partial charge in [-0.15, -0.1) is 11.8 Å². The monoisotopic (exact) mass is 345 g/mol. The van der Waals surface area contributed by atoms with Crippen molar-refractivity contribution in [2.75, 3.05) is 18.1 Å². The minimum Gasteiger partial charge on any atom is -0.481 e. The van der Waals surface area contributed by atoms with Gasteiger partial charge in [0.2, 0.25) is 5.91 Å². The van der Waals surface area contributed by atoms with E-state index in [9.17, 15) is 9.59 Å². The topological polar surface area (TPSA) is 66.4 Å². The molecule has 1 aromatic rings. The molecule has 0 atom stereocenters. The van der Waals surface area contributed by atoms with E-state index in [4.69, 9.17) is 5.11 Å². The number of nitrogens with one attached hydrogen (secondary N) is 1. The van der Waals surface area contributed by atoms with E-state index in [1.165, 1.54) is 11.8 Å². The first-order valence-corrected chi connectivity index (χ1v) is 7.83. The van der Waals surface area contributed by atoms with Crippen molar-refractivity contribution >= 4 is 39.6 Å². The fraction of sp³-hybridized carbons (Fsp3) is 0.385. The molecule has 0 heterocycles. The van der Waals surface area contributed by atoms with E-state index in [0.29, 0.717) is 25.1 Å². The summed E-state index contributed by atoms with van der Waals surface area (Å²) in [7, 11) is 0. The fourth-order valence-corrected chi connectivity index (χ4v) is 2.47. The Bertz CT molecular complexity index is 440. The van der Waals surface area contributed by atoms with Crippen LogP contribution >= 0.6 is 27.7 Å². The van der Waals surface area contributed by atoms with Crippen LogP contribution in [0, 0.1) is 0 Å². The van der Waals surface area contributed by atoms with Crippen LogP contribution < -0.4 is 5.32 Å². The summed E-state index contributed by atoms with van der Waals surface area (Å²) in [5.41, 5.74) is 1.12. The number of carbonyl (C=O) groups is 2. The number of hydrogen-bond donors (Lipinski definition) is 2. The smallest absolute Gasteiger partial charge is 0.313 e. The minimum absolute atomic E-state index is 0.00380. The summed E-state index contributed by atoms with van der Waals surface area (Å²) >= 11 is 4.69. The van der Waals surface area contributed by atoms with E-state index in [1.807, 2.05) is 24.3 Å². The van der Waals surface area contributed by atoms with E-state index in [2.05, 4.69) is 21.2 Å². The molecule has 6 heteroatoms. The maximum absolute atomic E-state index is 11.5. The predicted molar refractivity (Wildman–Crippen MR) is 80.4 cm³/mol. The average Bonchev–Trinajstić information content (AvgIpc) is 2.35. The third kappa shape index (κ3) is 7.89. The Hall–Kier alpha value is -1.01. The zero-order chi connectivity index (χ0) is 14.1. The number of rotatable bonds is 8. The lowest BCUT2D eigenvalue weighted by atomic mass is 10.1. The Balaban J connectivity index is 2.13. The average molecular weight is 346 g/mol. The molecule has 2 N–H and O–H groups in total. The van der Waals surface area contributed by atoms with Crippen LogP contribution in [0.5, 0.6) is 0 Å². The molecule has 0 aliphatic heterocycles. The highest BCUT2D eigenvalue weighted by molar-refractivity contribution is 9.10. The number of halogens is 1. The highest BCUT2D eigenvalue weighted by atomic mass is 79.9. The summed E-state index contributed by atoms with van der Waals surface area (Å²) in [5.74, 6) is -0.134. The lowest BCUT2D eigenvalue weighted by Gasteiger charge is -2.05. The van der Waals surface area contributed by atoms with Gasteiger partial charge in [-0.3, -0.25) is 9.59 Å². The molecule has 104 valence electrons. The number of carbonyl (C=O) groups excluding carboxylic acids is 1. The van der Waals surface area contributed by atoms with Crippen molar-refractivity contribution in [1.29, 1.82) is 0 Å². The van der Waals surface area contributed by atoms with Crippen LogP contribution in [0.3, 0.4) is 0 Å². The SMILES string of the molecule is O=C(O)CSCCNC(=O)CCc1cccc(Br)c1. The molecule has 4 nitrogen and oxygen atoms in total. The van der Waals surface area contributed by atoms with Gasteiger partial charge in [0.1, 0.15) is 0 Å². The highest BCUT2D eigenvalue weighted by Gasteiger charge is 2.03. The maximum atomic E-state index is 11.5. The zero-order valence-electron chi connectivity index (χ0n) is 10.4. The van der Waals surface area contributed by atoms with E-state index >= 15 is 0 Å². The van der Waals surface area contributed by atoms with Gasteiger partial charge in [-0.25, -0.2) is 0 Å². The van der Waals surface area contributed by atoms with E-state index in [1.54, 1.807) is 0 Å². The number of thioether (sulfide) groups is 1. The van der Waals surface area contributed by atoms with Crippen LogP contribution in [0.25, 0.3) is 0 Å². The van der Waals surface area contributed by atoms with Crippen LogP contribution in [0.15, 0.2) is 28.7 Å². The summed E-state index contributed by atoms with van der Waals surface area (Å²) in [6.45, 7) is 0.509. The van der Waals surface area contributed by atoms with Gasteiger partial charge in [-0.1, -0.05) is 28.1 Å². The van der Waals surface area contributed by atoms with Gasteiger partial charge in [0.05, 0.1) is 5.75 Å². The molecule has 0 aliphatic rings. The summed E-state index contributed by atoms with van der Waals surface area (Å²) in [4.78, 5) is 21.8. The standard InChI is InChI=1S/C13H16BrNO3S/c14-11-3-1-2-10(8-11)4-5-12(16)15-6-7-19-9-13(17)18/h1-3,8H,4-7,9H2,(H,15,16)(H,17,18). The van der Waals surface area contributed by atoms with Crippen molar-refractivity contribution in [3.05, 3.63) is 34.3 Å². The van der Waals surface area contributed by atoms with Crippen molar-refractivity contribution in [3.63, 3.8) is 0 Å². The molecular weight excluding hydrogens is 330 g/mol. The second-order valence-electron chi connectivity index (χ2n) is 3.93. The minimum atomic E-state index is -0.828. The van der Waals surface area contributed by atoms with Gasteiger partial charge < -0.3 is 10.4 Å². The number of carboxylic acid groups (broad SMARTS) is 1. The van der Waals surface area contributed by atoms with Crippen LogP contribution in [-0.4, -0.2) is 35.0 Å². The van der Waals surface area contributed by atoms with E-state index < -0.39 is 5.97 Å². The molecule has 0 aromatic heterocycles. The molecule has 1 amide bonds. The number of benzene rings is 1. The Morgan fingerprint density at radius 1 is 1.37 bits per heavy atom. The van der Waals surface area contributed by atoms with Crippen molar-refractivity contribution < 1.29 is 14.7 Å². The Morgan fingerprint density at radius 3 is 2.84 bits per heavy atom. The summed E-state index contributed by atoms with van der Waals surface area (Å²) < 4.78 is 1.01. The van der Waals surface area contributed by atoms with Crippen molar-refractivity contribution in [3.8, 4) is 0 Å². The van der Waals surface area contributed by atoms with Gasteiger partial charge in [0.15, 0.2) is 0 Å². The normalized spacial score (nSPS) is 10.2. The van der Waals surface area contributed by atoms with Crippen LogP contribution in [0.2, 0.25) is 0 Å². The van der Waals surface area contributed by atoms with Crippen LogP contribution in [0.1, 0.15) is 12.0 Å². The van der Waals surface area contributed by atoms with Crippen molar-refractivity contribution in [2.24, 2.45) is 0 Å². The Kier molecular flexibility index (Phi) is 7.59. The molecule has 0 bridgehead atoms. The fourth-order valence-electron chi connectivity index (χ4n) is 1.46. The largest absolute Gasteiger partial charge is 0.481 e. The molecule has 19 heavy (non-hydrogen) atoms. The molecule has 0 aliphatic carbocycles.